The zero-order valence-corrected chi connectivity index (χ0v) is 13.4. The molecule has 0 aromatic carbocycles. The van der Waals surface area contributed by atoms with E-state index in [1.165, 1.54) is 12.3 Å². The van der Waals surface area contributed by atoms with Gasteiger partial charge in [0.25, 0.3) is 0 Å². The fourth-order valence-corrected chi connectivity index (χ4v) is 2.91. The number of pyridine rings is 2. The van der Waals surface area contributed by atoms with Crippen LogP contribution in [0.4, 0.5) is 19.0 Å². The molecule has 0 aliphatic carbocycles. The minimum atomic E-state index is -4.38. The van der Waals surface area contributed by atoms with Gasteiger partial charge in [-0.1, -0.05) is 6.07 Å². The summed E-state index contributed by atoms with van der Waals surface area (Å²) in [6, 6.07) is 6.36. The lowest BCUT2D eigenvalue weighted by Gasteiger charge is -2.36. The van der Waals surface area contributed by atoms with Crippen molar-refractivity contribution in [2.75, 3.05) is 31.1 Å². The summed E-state index contributed by atoms with van der Waals surface area (Å²) in [4.78, 5) is 12.2. The molecule has 1 aliphatic rings. The molecule has 0 bridgehead atoms. The van der Waals surface area contributed by atoms with Gasteiger partial charge in [-0.05, 0) is 30.7 Å². The molecule has 0 amide bonds. The largest absolute Gasteiger partial charge is 0.419 e. The average molecular weight is 336 g/mol. The number of halogens is 3. The molecule has 1 fully saturated rings. The monoisotopic (exact) mass is 336 g/mol. The van der Waals surface area contributed by atoms with Crippen LogP contribution in [0.15, 0.2) is 36.7 Å². The molecule has 0 N–H and O–H groups in total. The van der Waals surface area contributed by atoms with Gasteiger partial charge in [-0.25, -0.2) is 4.98 Å². The van der Waals surface area contributed by atoms with Gasteiger partial charge in [-0.2, -0.15) is 13.2 Å². The number of aromatic nitrogens is 2. The Balaban J connectivity index is 1.67. The zero-order chi connectivity index (χ0) is 17.2. The summed E-state index contributed by atoms with van der Waals surface area (Å²) in [5.41, 5.74) is 1.48. The summed E-state index contributed by atoms with van der Waals surface area (Å²) < 4.78 is 39.4. The highest BCUT2D eigenvalue weighted by molar-refractivity contribution is 5.48. The van der Waals surface area contributed by atoms with Gasteiger partial charge in [-0.15, -0.1) is 0 Å². The third kappa shape index (κ3) is 3.67. The molecule has 4 nitrogen and oxygen atoms in total. The van der Waals surface area contributed by atoms with E-state index >= 15 is 0 Å². The molecule has 2 aromatic rings. The van der Waals surface area contributed by atoms with E-state index in [9.17, 15) is 13.2 Å². The normalized spacial score (nSPS) is 16.4. The van der Waals surface area contributed by atoms with Crippen molar-refractivity contribution in [3.05, 3.63) is 53.5 Å². The molecule has 24 heavy (non-hydrogen) atoms. The molecule has 0 atom stereocenters. The number of alkyl halides is 3. The number of anilines is 1. The van der Waals surface area contributed by atoms with Crippen LogP contribution in [0.3, 0.4) is 0 Å². The van der Waals surface area contributed by atoms with Crippen molar-refractivity contribution in [1.82, 2.24) is 14.9 Å². The Hall–Kier alpha value is -2.15. The predicted molar refractivity (Wildman–Crippen MR) is 85.7 cm³/mol. The SMILES string of the molecule is Cc1ncccc1CN1CCN(c2ncccc2C(F)(F)F)CC1. The highest BCUT2D eigenvalue weighted by atomic mass is 19.4. The number of hydrogen-bond acceptors (Lipinski definition) is 4. The Labute approximate surface area is 138 Å². The first kappa shape index (κ1) is 16.7. The van der Waals surface area contributed by atoms with Crippen LogP contribution in [0.2, 0.25) is 0 Å². The molecule has 3 heterocycles. The van der Waals surface area contributed by atoms with Crippen molar-refractivity contribution in [3.8, 4) is 0 Å². The van der Waals surface area contributed by atoms with E-state index in [1.54, 1.807) is 11.1 Å². The molecule has 7 heteroatoms. The summed E-state index contributed by atoms with van der Waals surface area (Å²) in [5.74, 6) is 0.0298. The second kappa shape index (κ2) is 6.76. The molecular formula is C17H19F3N4. The van der Waals surface area contributed by atoms with Crippen molar-refractivity contribution in [3.63, 3.8) is 0 Å². The van der Waals surface area contributed by atoms with Crippen molar-refractivity contribution < 1.29 is 13.2 Å². The van der Waals surface area contributed by atoms with Crippen molar-refractivity contribution >= 4 is 5.82 Å². The van der Waals surface area contributed by atoms with Gasteiger partial charge in [0.05, 0.1) is 5.56 Å². The van der Waals surface area contributed by atoms with E-state index in [-0.39, 0.29) is 5.82 Å². The fraction of sp³-hybridized carbons (Fsp3) is 0.412. The molecule has 0 unspecified atom stereocenters. The van der Waals surface area contributed by atoms with E-state index in [0.717, 1.165) is 23.9 Å². The second-order valence-electron chi connectivity index (χ2n) is 5.88. The van der Waals surface area contributed by atoms with Gasteiger partial charge in [0, 0.05) is 50.8 Å². The lowest BCUT2D eigenvalue weighted by molar-refractivity contribution is -0.137. The van der Waals surface area contributed by atoms with Gasteiger partial charge < -0.3 is 4.90 Å². The lowest BCUT2D eigenvalue weighted by atomic mass is 10.1. The Morgan fingerprint density at radius 2 is 1.67 bits per heavy atom. The predicted octanol–water partition coefficient (Wildman–Crippen LogP) is 3.13. The topological polar surface area (TPSA) is 32.3 Å². The van der Waals surface area contributed by atoms with Crippen molar-refractivity contribution in [2.24, 2.45) is 0 Å². The summed E-state index contributed by atoms with van der Waals surface area (Å²) in [6.45, 7) is 5.18. The van der Waals surface area contributed by atoms with E-state index in [4.69, 9.17) is 0 Å². The molecule has 3 rings (SSSR count). The maximum Gasteiger partial charge on any atom is 0.419 e. The van der Waals surface area contributed by atoms with Gasteiger partial charge in [-0.3, -0.25) is 9.88 Å². The van der Waals surface area contributed by atoms with Gasteiger partial charge >= 0.3 is 6.18 Å². The lowest BCUT2D eigenvalue weighted by Crippen LogP contribution is -2.46. The summed E-state index contributed by atoms with van der Waals surface area (Å²) in [5, 5.41) is 0. The Morgan fingerprint density at radius 1 is 1.00 bits per heavy atom. The maximum atomic E-state index is 13.1. The minimum absolute atomic E-state index is 0.0298. The second-order valence-corrected chi connectivity index (χ2v) is 5.88. The van der Waals surface area contributed by atoms with Crippen LogP contribution in [0.5, 0.6) is 0 Å². The first-order valence-electron chi connectivity index (χ1n) is 7.85. The summed E-state index contributed by atoms with van der Waals surface area (Å²) >= 11 is 0. The van der Waals surface area contributed by atoms with Gasteiger partial charge in [0.15, 0.2) is 0 Å². The summed E-state index contributed by atoms with van der Waals surface area (Å²) in [6.07, 6.45) is -1.21. The van der Waals surface area contributed by atoms with Crippen molar-refractivity contribution in [2.45, 2.75) is 19.6 Å². The van der Waals surface area contributed by atoms with E-state index in [2.05, 4.69) is 14.9 Å². The number of hydrogen-bond donors (Lipinski definition) is 0. The first-order chi connectivity index (χ1) is 11.4. The molecule has 1 aliphatic heterocycles. The molecular weight excluding hydrogens is 317 g/mol. The first-order valence-corrected chi connectivity index (χ1v) is 7.85. The molecule has 128 valence electrons. The van der Waals surface area contributed by atoms with Crippen LogP contribution in [-0.2, 0) is 12.7 Å². The zero-order valence-electron chi connectivity index (χ0n) is 13.4. The van der Waals surface area contributed by atoms with Crippen LogP contribution >= 0.6 is 0 Å². The highest BCUT2D eigenvalue weighted by Gasteiger charge is 2.36. The average Bonchev–Trinajstić information content (AvgIpc) is 2.57. The third-order valence-electron chi connectivity index (χ3n) is 4.27. The van der Waals surface area contributed by atoms with Crippen LogP contribution in [0.25, 0.3) is 0 Å². The number of aryl methyl sites for hydroxylation is 1. The maximum absolute atomic E-state index is 13.1. The van der Waals surface area contributed by atoms with Gasteiger partial charge in [0.1, 0.15) is 5.82 Å². The van der Waals surface area contributed by atoms with E-state index in [1.807, 2.05) is 19.1 Å². The van der Waals surface area contributed by atoms with Crippen molar-refractivity contribution in [1.29, 1.82) is 0 Å². The molecule has 1 saturated heterocycles. The van der Waals surface area contributed by atoms with Crippen LogP contribution in [0, 0.1) is 6.92 Å². The number of rotatable bonds is 3. The number of piperazine rings is 1. The fourth-order valence-electron chi connectivity index (χ4n) is 2.91. The smallest absolute Gasteiger partial charge is 0.354 e. The van der Waals surface area contributed by atoms with E-state index in [0.29, 0.717) is 26.2 Å². The van der Waals surface area contributed by atoms with Crippen LogP contribution < -0.4 is 4.90 Å². The Bertz CT molecular complexity index is 694. The third-order valence-corrected chi connectivity index (χ3v) is 4.27. The summed E-state index contributed by atoms with van der Waals surface area (Å²) in [7, 11) is 0. The quantitative estimate of drug-likeness (QED) is 0.862. The Morgan fingerprint density at radius 3 is 2.33 bits per heavy atom. The van der Waals surface area contributed by atoms with Crippen LogP contribution in [0.1, 0.15) is 16.8 Å². The molecule has 0 spiro atoms. The van der Waals surface area contributed by atoms with Gasteiger partial charge in [0.2, 0.25) is 0 Å². The van der Waals surface area contributed by atoms with Crippen LogP contribution in [-0.4, -0.2) is 41.0 Å². The minimum Gasteiger partial charge on any atom is -0.354 e. The molecule has 0 saturated carbocycles. The highest BCUT2D eigenvalue weighted by Crippen LogP contribution is 2.35. The molecule has 0 radical (unpaired) electrons. The Kier molecular flexibility index (Phi) is 4.71. The number of nitrogens with zero attached hydrogens (tertiary/aromatic N) is 4. The van der Waals surface area contributed by atoms with E-state index < -0.39 is 11.7 Å². The standard InChI is InChI=1S/C17H19F3N4/c1-13-14(4-2-6-21-13)12-23-8-10-24(11-9-23)16-15(17(18,19)20)5-3-7-22-16/h2-7H,8-12H2,1H3. The molecule has 2 aromatic heterocycles.